The zero-order valence-electron chi connectivity index (χ0n) is 14.1. The van der Waals surface area contributed by atoms with E-state index in [1.165, 1.54) is 6.33 Å². The van der Waals surface area contributed by atoms with E-state index in [0.717, 1.165) is 29.8 Å². The Hall–Kier alpha value is -2.13. The van der Waals surface area contributed by atoms with Crippen LogP contribution in [0.4, 0.5) is 5.82 Å². The predicted octanol–water partition coefficient (Wildman–Crippen LogP) is 0.904. The van der Waals surface area contributed by atoms with Crippen LogP contribution in [-0.2, 0) is 10.0 Å². The molecule has 1 aliphatic carbocycles. The number of nitrogens with two attached hydrogens (primary N) is 1. The first kappa shape index (κ1) is 16.3. The Morgan fingerprint density at radius 2 is 1.80 bits per heavy atom. The molecule has 0 bridgehead atoms. The van der Waals surface area contributed by atoms with Crippen LogP contribution < -0.4 is 19.5 Å². The van der Waals surface area contributed by atoms with Gasteiger partial charge >= 0.3 is 0 Å². The summed E-state index contributed by atoms with van der Waals surface area (Å²) in [5.74, 6) is 2.07. The second kappa shape index (κ2) is 5.43. The maximum absolute atomic E-state index is 11.4. The smallest absolute Gasteiger partial charge is 0.212 e. The summed E-state index contributed by atoms with van der Waals surface area (Å²) in [4.78, 5) is 10.9. The van der Waals surface area contributed by atoms with Gasteiger partial charge in [-0.25, -0.2) is 23.5 Å². The first-order valence-corrected chi connectivity index (χ1v) is 9.59. The second-order valence-corrected chi connectivity index (χ2v) is 8.74. The van der Waals surface area contributed by atoms with Crippen molar-refractivity contribution in [3.63, 3.8) is 0 Å². The third-order valence-electron chi connectivity index (χ3n) is 5.26. The van der Waals surface area contributed by atoms with E-state index in [0.29, 0.717) is 24.3 Å². The van der Waals surface area contributed by atoms with Crippen LogP contribution in [0.1, 0.15) is 12.8 Å². The molecule has 0 radical (unpaired) electrons. The monoisotopic (exact) mass is 364 g/mol. The number of benzene rings is 1. The first-order chi connectivity index (χ1) is 11.8. The number of anilines is 1. The molecule has 1 saturated heterocycles. The van der Waals surface area contributed by atoms with Crippen LogP contribution in [0.2, 0.25) is 0 Å². The molecule has 2 heterocycles. The Morgan fingerprint density at radius 3 is 2.40 bits per heavy atom. The molecule has 25 heavy (non-hydrogen) atoms. The molecule has 0 amide bonds. The van der Waals surface area contributed by atoms with Crippen molar-refractivity contribution in [3.8, 4) is 11.5 Å². The number of methoxy groups -OCH3 is 2. The van der Waals surface area contributed by atoms with Crippen LogP contribution >= 0.6 is 0 Å². The van der Waals surface area contributed by atoms with Gasteiger partial charge in [0.05, 0.1) is 25.0 Å². The fraction of sp³-hybridized carbons (Fsp3) is 0.500. The standard InChI is InChI=1S/C16H20N4O4S/c1-23-13-3-11-12(4-14(13)24-2)18-9-19-15(11)20-7-16(8-20)5-10(6-16)25(17,21)22/h3-4,9-10H,5-8H2,1-2H3,(H2,17,21,22). The highest BCUT2D eigenvalue weighted by atomic mass is 32.2. The summed E-state index contributed by atoms with van der Waals surface area (Å²) in [7, 11) is -0.244. The van der Waals surface area contributed by atoms with Gasteiger partial charge in [0.25, 0.3) is 0 Å². The molecule has 134 valence electrons. The Balaban J connectivity index is 1.59. The summed E-state index contributed by atoms with van der Waals surface area (Å²) in [5.41, 5.74) is 0.824. The normalized spacial score (nSPS) is 19.6. The number of hydrogen-bond donors (Lipinski definition) is 1. The van der Waals surface area contributed by atoms with Gasteiger partial charge in [-0.15, -0.1) is 0 Å². The number of sulfonamides is 1. The molecule has 2 aliphatic rings. The fourth-order valence-corrected chi connectivity index (χ4v) is 5.10. The van der Waals surface area contributed by atoms with Crippen LogP contribution in [0.15, 0.2) is 18.5 Å². The van der Waals surface area contributed by atoms with Crippen LogP contribution in [0.5, 0.6) is 11.5 Å². The molecule has 2 fully saturated rings. The topological polar surface area (TPSA) is 108 Å². The number of nitrogens with zero attached hydrogens (tertiary/aromatic N) is 3. The SMILES string of the molecule is COc1cc2ncnc(N3CC4(CC(S(N)(=O)=O)C4)C3)c2cc1OC. The summed E-state index contributed by atoms with van der Waals surface area (Å²) in [6.07, 6.45) is 2.79. The molecule has 1 aromatic carbocycles. The highest BCUT2D eigenvalue weighted by Crippen LogP contribution is 2.52. The number of hydrogen-bond acceptors (Lipinski definition) is 7. The lowest BCUT2D eigenvalue weighted by Gasteiger charge is -2.58. The molecule has 1 aromatic heterocycles. The number of primary sulfonamides is 1. The van der Waals surface area contributed by atoms with Crippen LogP contribution in [0.25, 0.3) is 10.9 Å². The minimum atomic E-state index is -3.42. The molecular formula is C16H20N4O4S. The molecular weight excluding hydrogens is 344 g/mol. The van der Waals surface area contributed by atoms with Gasteiger partial charge in [0.1, 0.15) is 12.1 Å². The van der Waals surface area contributed by atoms with E-state index in [-0.39, 0.29) is 5.41 Å². The quantitative estimate of drug-likeness (QED) is 0.859. The molecule has 2 N–H and O–H groups in total. The largest absolute Gasteiger partial charge is 0.493 e. The number of aromatic nitrogens is 2. The van der Waals surface area contributed by atoms with Gasteiger partial charge in [-0.1, -0.05) is 0 Å². The van der Waals surface area contributed by atoms with Gasteiger partial charge < -0.3 is 14.4 Å². The maximum atomic E-state index is 11.4. The number of rotatable bonds is 4. The minimum absolute atomic E-state index is 0.0466. The van der Waals surface area contributed by atoms with Crippen molar-refractivity contribution in [1.29, 1.82) is 0 Å². The first-order valence-electron chi connectivity index (χ1n) is 7.98. The van der Waals surface area contributed by atoms with E-state index in [2.05, 4.69) is 14.9 Å². The molecule has 2 aromatic rings. The summed E-state index contributed by atoms with van der Waals surface area (Å²) >= 11 is 0. The van der Waals surface area contributed by atoms with Crippen molar-refractivity contribution < 1.29 is 17.9 Å². The van der Waals surface area contributed by atoms with Crippen LogP contribution in [0.3, 0.4) is 0 Å². The molecule has 4 rings (SSSR count). The lowest BCUT2D eigenvalue weighted by Crippen LogP contribution is -2.65. The maximum Gasteiger partial charge on any atom is 0.212 e. The fourth-order valence-electron chi connectivity index (χ4n) is 3.93. The average molecular weight is 364 g/mol. The van der Waals surface area contributed by atoms with E-state index in [1.54, 1.807) is 14.2 Å². The van der Waals surface area contributed by atoms with E-state index in [9.17, 15) is 8.42 Å². The van der Waals surface area contributed by atoms with Crippen molar-refractivity contribution in [2.75, 3.05) is 32.2 Å². The van der Waals surface area contributed by atoms with Crippen molar-refractivity contribution in [2.45, 2.75) is 18.1 Å². The molecule has 8 nitrogen and oxygen atoms in total. The Bertz CT molecular complexity index is 933. The van der Waals surface area contributed by atoms with E-state index in [1.807, 2.05) is 12.1 Å². The highest BCUT2D eigenvalue weighted by molar-refractivity contribution is 7.89. The van der Waals surface area contributed by atoms with Gasteiger partial charge in [0.2, 0.25) is 10.0 Å². The van der Waals surface area contributed by atoms with Gasteiger partial charge in [0.15, 0.2) is 11.5 Å². The van der Waals surface area contributed by atoms with Gasteiger partial charge in [-0.3, -0.25) is 0 Å². The highest BCUT2D eigenvalue weighted by Gasteiger charge is 2.56. The van der Waals surface area contributed by atoms with Crippen molar-refractivity contribution in [1.82, 2.24) is 9.97 Å². The number of fused-ring (bicyclic) bond motifs is 1. The zero-order chi connectivity index (χ0) is 17.8. The van der Waals surface area contributed by atoms with E-state index in [4.69, 9.17) is 14.6 Å². The van der Waals surface area contributed by atoms with Crippen LogP contribution in [-0.4, -0.2) is 50.9 Å². The van der Waals surface area contributed by atoms with Crippen molar-refractivity contribution >= 4 is 26.7 Å². The molecule has 9 heteroatoms. The molecule has 1 aliphatic heterocycles. The van der Waals surface area contributed by atoms with Gasteiger partial charge in [0, 0.05) is 30.0 Å². The predicted molar refractivity (Wildman–Crippen MR) is 93.4 cm³/mol. The van der Waals surface area contributed by atoms with Gasteiger partial charge in [-0.2, -0.15) is 0 Å². The van der Waals surface area contributed by atoms with Crippen molar-refractivity contribution in [3.05, 3.63) is 18.5 Å². The Labute approximate surface area is 146 Å². The average Bonchev–Trinajstić information content (AvgIpc) is 2.49. The lowest BCUT2D eigenvalue weighted by molar-refractivity contribution is 0.0937. The Morgan fingerprint density at radius 1 is 1.16 bits per heavy atom. The second-order valence-electron chi connectivity index (χ2n) is 6.90. The van der Waals surface area contributed by atoms with Crippen molar-refractivity contribution in [2.24, 2.45) is 10.6 Å². The summed E-state index contributed by atoms with van der Waals surface area (Å²) in [6.45, 7) is 1.55. The number of ether oxygens (including phenoxy) is 2. The summed E-state index contributed by atoms with van der Waals surface area (Å²) in [6, 6.07) is 3.71. The molecule has 0 unspecified atom stereocenters. The molecule has 0 atom stereocenters. The summed E-state index contributed by atoms with van der Waals surface area (Å²) in [5, 5.41) is 5.72. The van der Waals surface area contributed by atoms with E-state index >= 15 is 0 Å². The van der Waals surface area contributed by atoms with Crippen LogP contribution in [0, 0.1) is 5.41 Å². The molecule has 1 saturated carbocycles. The summed E-state index contributed by atoms with van der Waals surface area (Å²) < 4.78 is 33.5. The van der Waals surface area contributed by atoms with Gasteiger partial charge in [-0.05, 0) is 18.9 Å². The minimum Gasteiger partial charge on any atom is -0.493 e. The third-order valence-corrected chi connectivity index (χ3v) is 6.52. The zero-order valence-corrected chi connectivity index (χ0v) is 14.9. The van der Waals surface area contributed by atoms with E-state index < -0.39 is 15.3 Å². The third kappa shape index (κ3) is 2.58. The Kier molecular flexibility index (Phi) is 3.55. The molecule has 1 spiro atoms. The lowest BCUT2D eigenvalue weighted by atomic mass is 9.63.